The summed E-state index contributed by atoms with van der Waals surface area (Å²) in [4.78, 5) is 10.9. The second kappa shape index (κ2) is 11.5. The van der Waals surface area contributed by atoms with Crippen LogP contribution in [0, 0.1) is 0 Å². The molecule has 0 atom stereocenters. The van der Waals surface area contributed by atoms with E-state index < -0.39 is 6.09 Å². The first-order valence-corrected chi connectivity index (χ1v) is 8.53. The Labute approximate surface area is 160 Å². The lowest BCUT2D eigenvalue weighted by Crippen LogP contribution is -2.24. The van der Waals surface area contributed by atoms with Crippen LogP contribution in [0.15, 0.2) is 22.7 Å². The van der Waals surface area contributed by atoms with Crippen molar-refractivity contribution in [2.24, 2.45) is 0 Å². The lowest BCUT2D eigenvalue weighted by atomic mass is 10.3. The fraction of sp³-hybridized carbons (Fsp3) is 0.400. The first-order valence-electron chi connectivity index (χ1n) is 7.01. The maximum Gasteiger partial charge on any atom is 0.406 e. The molecule has 0 fully saturated rings. The molecule has 1 rings (SSSR count). The van der Waals surface area contributed by atoms with Crippen molar-refractivity contribution < 1.29 is 19.0 Å². The molecule has 1 amide bonds. The number of benzene rings is 1. The van der Waals surface area contributed by atoms with Gasteiger partial charge in [-0.2, -0.15) is 0 Å². The van der Waals surface area contributed by atoms with Gasteiger partial charge in [0.1, 0.15) is 16.8 Å². The van der Waals surface area contributed by atoms with Crippen LogP contribution < -0.4 is 14.8 Å². The summed E-state index contributed by atoms with van der Waals surface area (Å²) >= 11 is 23.3. The average Bonchev–Trinajstić information content (AvgIpc) is 2.52. The van der Waals surface area contributed by atoms with Crippen molar-refractivity contribution in [1.29, 1.82) is 0 Å². The molecule has 0 radical (unpaired) electrons. The molecule has 5 nitrogen and oxygen atoms in total. The van der Waals surface area contributed by atoms with Crippen LogP contribution in [-0.2, 0) is 4.74 Å². The molecule has 0 saturated heterocycles. The number of unbranched alkanes of at least 4 members (excludes halogenated alkanes) is 1. The highest BCUT2D eigenvalue weighted by Crippen LogP contribution is 2.37. The van der Waals surface area contributed by atoms with Crippen LogP contribution in [0.4, 0.5) is 4.79 Å². The van der Waals surface area contributed by atoms with Crippen LogP contribution in [0.1, 0.15) is 12.8 Å². The highest BCUT2D eigenvalue weighted by Gasteiger charge is 2.10. The average molecular weight is 417 g/mol. The molecule has 0 bridgehead atoms. The van der Waals surface area contributed by atoms with Crippen LogP contribution in [-0.4, -0.2) is 33.0 Å². The van der Waals surface area contributed by atoms with Gasteiger partial charge in [-0.1, -0.05) is 46.4 Å². The van der Waals surface area contributed by atoms with Gasteiger partial charge in [0.05, 0.1) is 23.8 Å². The molecule has 134 valence electrons. The smallest absolute Gasteiger partial charge is 0.406 e. The van der Waals surface area contributed by atoms with E-state index in [1.807, 2.05) is 0 Å². The maximum atomic E-state index is 10.9. The molecule has 0 aliphatic rings. The normalized spacial score (nSPS) is 10.0. The molecule has 0 aliphatic carbocycles. The summed E-state index contributed by atoms with van der Waals surface area (Å²) in [7, 11) is 1.32. The topological polar surface area (TPSA) is 56.8 Å². The van der Waals surface area contributed by atoms with Gasteiger partial charge in [0.2, 0.25) is 0 Å². The Morgan fingerprint density at radius 2 is 1.83 bits per heavy atom. The standard InChI is InChI=1S/C15H17Cl4NO4/c1-22-15(21)20-5-2-3-6-24-14-11(16)8-10(9-12(14)17)23-7-4-13(18)19/h4,8-9H,2-3,5-7H2,1H3,(H,20,21). The minimum atomic E-state index is -0.456. The molecule has 1 N–H and O–H groups in total. The van der Waals surface area contributed by atoms with E-state index in [1.54, 1.807) is 12.1 Å². The van der Waals surface area contributed by atoms with Crippen molar-refractivity contribution in [2.75, 3.05) is 26.9 Å². The van der Waals surface area contributed by atoms with E-state index in [0.717, 1.165) is 6.42 Å². The second-order valence-electron chi connectivity index (χ2n) is 4.49. The zero-order valence-electron chi connectivity index (χ0n) is 12.9. The number of hydrogen-bond donors (Lipinski definition) is 1. The fourth-order valence-corrected chi connectivity index (χ4v) is 2.32. The molecule has 0 unspecified atom stereocenters. The van der Waals surface area contributed by atoms with E-state index in [-0.39, 0.29) is 11.1 Å². The number of amides is 1. The first-order chi connectivity index (χ1) is 11.4. The van der Waals surface area contributed by atoms with Gasteiger partial charge in [-0.15, -0.1) is 0 Å². The minimum Gasteiger partial charge on any atom is -0.490 e. The number of ether oxygens (including phenoxy) is 3. The van der Waals surface area contributed by atoms with E-state index >= 15 is 0 Å². The molecule has 1 aromatic carbocycles. The molecule has 24 heavy (non-hydrogen) atoms. The van der Waals surface area contributed by atoms with Crippen LogP contribution in [0.3, 0.4) is 0 Å². The molecule has 0 spiro atoms. The summed E-state index contributed by atoms with van der Waals surface area (Å²) in [5.74, 6) is 0.864. The van der Waals surface area contributed by atoms with Crippen LogP contribution in [0.25, 0.3) is 0 Å². The van der Waals surface area contributed by atoms with E-state index in [0.29, 0.717) is 41.1 Å². The third-order valence-electron chi connectivity index (χ3n) is 2.73. The Morgan fingerprint density at radius 3 is 2.42 bits per heavy atom. The summed E-state index contributed by atoms with van der Waals surface area (Å²) in [5.41, 5.74) is 0. The largest absolute Gasteiger partial charge is 0.490 e. The number of nitrogens with one attached hydrogen (secondary N) is 1. The van der Waals surface area contributed by atoms with E-state index in [4.69, 9.17) is 55.9 Å². The van der Waals surface area contributed by atoms with Gasteiger partial charge in [-0.25, -0.2) is 4.79 Å². The van der Waals surface area contributed by atoms with Crippen molar-refractivity contribution >= 4 is 52.5 Å². The molecular formula is C15H17Cl4NO4. The van der Waals surface area contributed by atoms with Gasteiger partial charge in [-0.05, 0) is 18.9 Å². The van der Waals surface area contributed by atoms with Crippen molar-refractivity contribution in [3.8, 4) is 11.5 Å². The predicted molar refractivity (Wildman–Crippen MR) is 96.9 cm³/mol. The lowest BCUT2D eigenvalue weighted by Gasteiger charge is -2.12. The number of alkyl carbamates (subject to hydrolysis) is 1. The van der Waals surface area contributed by atoms with Gasteiger partial charge in [0.15, 0.2) is 5.75 Å². The fourth-order valence-electron chi connectivity index (χ4n) is 1.62. The van der Waals surface area contributed by atoms with E-state index in [2.05, 4.69) is 10.1 Å². The third kappa shape index (κ3) is 8.20. The zero-order chi connectivity index (χ0) is 17.9. The molecule has 0 aromatic heterocycles. The predicted octanol–water partition coefficient (Wildman–Crippen LogP) is 5.21. The van der Waals surface area contributed by atoms with Gasteiger partial charge in [0, 0.05) is 18.7 Å². The quantitative estimate of drug-likeness (QED) is 0.561. The van der Waals surface area contributed by atoms with Crippen molar-refractivity contribution in [2.45, 2.75) is 12.8 Å². The lowest BCUT2D eigenvalue weighted by molar-refractivity contribution is 0.170. The summed E-state index contributed by atoms with van der Waals surface area (Å²) in [6, 6.07) is 3.19. The molecule has 0 aliphatic heterocycles. The highest BCUT2D eigenvalue weighted by molar-refractivity contribution is 6.55. The van der Waals surface area contributed by atoms with Gasteiger partial charge in [-0.3, -0.25) is 0 Å². The first kappa shape index (κ1) is 21.0. The Kier molecular flexibility index (Phi) is 10.1. The SMILES string of the molecule is COC(=O)NCCCCOc1c(Cl)cc(OCC=C(Cl)Cl)cc1Cl. The van der Waals surface area contributed by atoms with E-state index in [1.165, 1.54) is 13.2 Å². The van der Waals surface area contributed by atoms with Crippen molar-refractivity contribution in [1.82, 2.24) is 5.32 Å². The number of halogens is 4. The number of hydrogen-bond acceptors (Lipinski definition) is 4. The number of methoxy groups -OCH3 is 1. The van der Waals surface area contributed by atoms with Gasteiger partial charge in [0.25, 0.3) is 0 Å². The Morgan fingerprint density at radius 1 is 1.17 bits per heavy atom. The Balaban J connectivity index is 2.43. The number of carbonyl (C=O) groups excluding carboxylic acids is 1. The maximum absolute atomic E-state index is 10.9. The monoisotopic (exact) mass is 415 g/mol. The summed E-state index contributed by atoms with van der Waals surface area (Å²) in [6.45, 7) is 1.11. The van der Waals surface area contributed by atoms with Crippen LogP contribution in [0.5, 0.6) is 11.5 Å². The summed E-state index contributed by atoms with van der Waals surface area (Å²) < 4.78 is 15.6. The van der Waals surface area contributed by atoms with Crippen molar-refractivity contribution in [3.05, 3.63) is 32.7 Å². The molecule has 1 aromatic rings. The van der Waals surface area contributed by atoms with E-state index in [9.17, 15) is 4.79 Å². The Bertz CT molecular complexity index is 554. The highest BCUT2D eigenvalue weighted by atomic mass is 35.5. The van der Waals surface area contributed by atoms with Gasteiger partial charge >= 0.3 is 6.09 Å². The molecule has 9 heteroatoms. The van der Waals surface area contributed by atoms with Crippen LogP contribution >= 0.6 is 46.4 Å². The zero-order valence-corrected chi connectivity index (χ0v) is 15.9. The summed E-state index contributed by atoms with van der Waals surface area (Å²) in [5, 5.41) is 3.26. The number of carbonyl (C=O) groups is 1. The summed E-state index contributed by atoms with van der Waals surface area (Å²) in [6.07, 6.45) is 2.49. The van der Waals surface area contributed by atoms with Crippen LogP contribution in [0.2, 0.25) is 10.0 Å². The number of rotatable bonds is 9. The minimum absolute atomic E-state index is 0.119. The Hall–Kier alpha value is -1.01. The molecule has 0 saturated carbocycles. The van der Waals surface area contributed by atoms with Crippen molar-refractivity contribution in [3.63, 3.8) is 0 Å². The molecular weight excluding hydrogens is 400 g/mol. The van der Waals surface area contributed by atoms with Gasteiger partial charge < -0.3 is 19.5 Å². The third-order valence-corrected chi connectivity index (χ3v) is 3.60. The second-order valence-corrected chi connectivity index (χ2v) is 6.32. The molecule has 0 heterocycles.